The molecule has 37 heavy (non-hydrogen) atoms. The zero-order chi connectivity index (χ0) is 26.9. The lowest BCUT2D eigenvalue weighted by Gasteiger charge is -2.43. The Hall–Kier alpha value is -3.45. The van der Waals surface area contributed by atoms with Crippen molar-refractivity contribution < 1.29 is 23.5 Å². The van der Waals surface area contributed by atoms with Crippen molar-refractivity contribution in [1.29, 1.82) is 5.26 Å². The average molecular weight is 512 g/mol. The molecule has 0 saturated carbocycles. The third-order valence-corrected chi connectivity index (χ3v) is 6.74. The second kappa shape index (κ2) is 10.5. The summed E-state index contributed by atoms with van der Waals surface area (Å²) in [6.45, 7) is 8.32. The van der Waals surface area contributed by atoms with Gasteiger partial charge in [-0.2, -0.15) is 5.26 Å². The van der Waals surface area contributed by atoms with Gasteiger partial charge in [-0.25, -0.2) is 9.18 Å². The topological polar surface area (TPSA) is 99.0 Å². The van der Waals surface area contributed by atoms with Crippen molar-refractivity contribution in [2.45, 2.75) is 64.1 Å². The molecule has 2 aliphatic rings. The fourth-order valence-corrected chi connectivity index (χ4v) is 4.96. The smallest absolute Gasteiger partial charge is 0.410 e. The first-order chi connectivity index (χ1) is 17.5. The molecular formula is C27H34FN5O4. The number of carbonyl (C=O) groups excluding carboxylic acids is 2. The van der Waals surface area contributed by atoms with Crippen LogP contribution in [0.5, 0.6) is 0 Å². The minimum atomic E-state index is -1.27. The number of nitriles is 1. The van der Waals surface area contributed by atoms with E-state index in [0.717, 1.165) is 11.1 Å². The Bertz CT molecular complexity index is 1210. The number of piperidine rings is 1. The number of ether oxygens (including phenoxy) is 2. The molecule has 2 aromatic rings. The van der Waals surface area contributed by atoms with Gasteiger partial charge in [0.1, 0.15) is 17.8 Å². The van der Waals surface area contributed by atoms with Crippen LogP contribution in [0.15, 0.2) is 30.5 Å². The van der Waals surface area contributed by atoms with E-state index in [9.17, 15) is 14.9 Å². The van der Waals surface area contributed by atoms with Crippen molar-refractivity contribution in [3.63, 3.8) is 0 Å². The van der Waals surface area contributed by atoms with Gasteiger partial charge in [-0.3, -0.25) is 9.78 Å². The molecule has 1 aromatic carbocycles. The Labute approximate surface area is 216 Å². The Morgan fingerprint density at radius 1 is 1.24 bits per heavy atom. The molecule has 0 spiro atoms. The number of likely N-dealkylation sites (N-methyl/N-ethyl adjacent to an activating group) is 1. The van der Waals surface area contributed by atoms with E-state index in [0.29, 0.717) is 17.6 Å². The summed E-state index contributed by atoms with van der Waals surface area (Å²) in [5.41, 5.74) is 1.27. The fraction of sp³-hybridized carbons (Fsp3) is 0.556. The van der Waals surface area contributed by atoms with Crippen molar-refractivity contribution in [2.75, 3.05) is 38.1 Å². The van der Waals surface area contributed by atoms with Gasteiger partial charge in [0.15, 0.2) is 6.10 Å². The lowest BCUT2D eigenvalue weighted by atomic mass is 10.0. The molecule has 0 unspecified atom stereocenters. The lowest BCUT2D eigenvalue weighted by Crippen LogP contribution is -2.60. The van der Waals surface area contributed by atoms with E-state index in [1.165, 1.54) is 9.80 Å². The quantitative estimate of drug-likeness (QED) is 0.622. The normalized spacial score (nSPS) is 24.5. The van der Waals surface area contributed by atoms with Gasteiger partial charge in [-0.05, 0) is 58.4 Å². The molecule has 0 bridgehead atoms. The Balaban J connectivity index is 1.52. The molecule has 10 heteroatoms. The monoisotopic (exact) mass is 511 g/mol. The summed E-state index contributed by atoms with van der Waals surface area (Å²) in [5, 5.41) is 10.3. The predicted octanol–water partition coefficient (Wildman–Crippen LogP) is 3.51. The SMILES string of the molecule is C[C@@H]1CN(c2ccc(C#N)c3ncccc23)C[C@H](C(=O)N(C)[C@@H]2CN(C(=O)OC(C)(C)C)CC[C@@H]2F)O1. The third kappa shape index (κ3) is 5.77. The molecule has 4 atom stereocenters. The molecule has 198 valence electrons. The summed E-state index contributed by atoms with van der Waals surface area (Å²) in [5.74, 6) is -0.341. The van der Waals surface area contributed by atoms with Crippen molar-refractivity contribution in [2.24, 2.45) is 0 Å². The van der Waals surface area contributed by atoms with Crippen LogP contribution in [0.1, 0.15) is 39.7 Å². The molecular weight excluding hydrogens is 477 g/mol. The van der Waals surface area contributed by atoms with Crippen LogP contribution in [0.2, 0.25) is 0 Å². The number of hydrogen-bond donors (Lipinski definition) is 0. The lowest BCUT2D eigenvalue weighted by molar-refractivity contribution is -0.151. The maximum atomic E-state index is 15.0. The highest BCUT2D eigenvalue weighted by atomic mass is 19.1. The zero-order valence-corrected chi connectivity index (χ0v) is 22.0. The molecule has 0 aliphatic carbocycles. The van der Waals surface area contributed by atoms with Gasteiger partial charge < -0.3 is 24.2 Å². The average Bonchev–Trinajstić information content (AvgIpc) is 2.86. The van der Waals surface area contributed by atoms with Crippen LogP contribution in [-0.4, -0.2) is 90.0 Å². The highest BCUT2D eigenvalue weighted by Gasteiger charge is 2.41. The molecule has 2 saturated heterocycles. The van der Waals surface area contributed by atoms with Crippen LogP contribution in [0.25, 0.3) is 10.9 Å². The number of hydrogen-bond acceptors (Lipinski definition) is 7. The van der Waals surface area contributed by atoms with Gasteiger partial charge in [0.05, 0.1) is 29.8 Å². The first-order valence-electron chi connectivity index (χ1n) is 12.6. The molecule has 0 radical (unpaired) electrons. The third-order valence-electron chi connectivity index (χ3n) is 6.74. The van der Waals surface area contributed by atoms with Crippen molar-refractivity contribution >= 4 is 28.6 Å². The van der Waals surface area contributed by atoms with Crippen LogP contribution in [-0.2, 0) is 14.3 Å². The molecule has 2 aliphatic heterocycles. The maximum absolute atomic E-state index is 15.0. The number of rotatable bonds is 3. The number of carbonyl (C=O) groups is 2. The number of amides is 2. The summed E-state index contributed by atoms with van der Waals surface area (Å²) in [7, 11) is 1.56. The van der Waals surface area contributed by atoms with Gasteiger partial charge in [-0.15, -0.1) is 0 Å². The van der Waals surface area contributed by atoms with Crippen LogP contribution in [0.4, 0.5) is 14.9 Å². The van der Waals surface area contributed by atoms with Crippen LogP contribution >= 0.6 is 0 Å². The maximum Gasteiger partial charge on any atom is 0.410 e. The first kappa shape index (κ1) is 26.6. The number of alkyl halides is 1. The van der Waals surface area contributed by atoms with E-state index in [1.807, 2.05) is 25.1 Å². The molecule has 1 aromatic heterocycles. The predicted molar refractivity (Wildman–Crippen MR) is 137 cm³/mol. The Morgan fingerprint density at radius 2 is 2.00 bits per heavy atom. The van der Waals surface area contributed by atoms with Gasteiger partial charge in [0, 0.05) is 44.0 Å². The largest absolute Gasteiger partial charge is 0.444 e. The Kier molecular flexibility index (Phi) is 7.55. The molecule has 0 N–H and O–H groups in total. The molecule has 2 fully saturated rings. The van der Waals surface area contributed by atoms with E-state index in [2.05, 4.69) is 16.0 Å². The van der Waals surface area contributed by atoms with Crippen molar-refractivity contribution in [1.82, 2.24) is 14.8 Å². The number of halogens is 1. The molecule has 9 nitrogen and oxygen atoms in total. The number of pyridine rings is 1. The highest BCUT2D eigenvalue weighted by Crippen LogP contribution is 2.31. The van der Waals surface area contributed by atoms with Gasteiger partial charge in [0.25, 0.3) is 5.91 Å². The Morgan fingerprint density at radius 3 is 2.70 bits per heavy atom. The number of nitrogens with zero attached hydrogens (tertiary/aromatic N) is 5. The van der Waals surface area contributed by atoms with E-state index >= 15 is 4.39 Å². The van der Waals surface area contributed by atoms with E-state index < -0.39 is 30.0 Å². The summed E-state index contributed by atoms with van der Waals surface area (Å²) < 4.78 is 26.5. The van der Waals surface area contributed by atoms with E-state index in [-0.39, 0.29) is 38.1 Å². The highest BCUT2D eigenvalue weighted by molar-refractivity contribution is 5.95. The molecule has 3 heterocycles. The van der Waals surface area contributed by atoms with Crippen molar-refractivity contribution in [3.05, 3.63) is 36.0 Å². The summed E-state index contributed by atoms with van der Waals surface area (Å²) >= 11 is 0. The number of morpholine rings is 1. The number of fused-ring (bicyclic) bond motifs is 1. The zero-order valence-electron chi connectivity index (χ0n) is 22.0. The summed E-state index contributed by atoms with van der Waals surface area (Å²) in [4.78, 5) is 35.4. The summed E-state index contributed by atoms with van der Waals surface area (Å²) in [6, 6.07) is 8.69. The first-order valence-corrected chi connectivity index (χ1v) is 12.6. The van der Waals surface area contributed by atoms with Crippen LogP contribution in [0.3, 0.4) is 0 Å². The molecule has 4 rings (SSSR count). The fourth-order valence-electron chi connectivity index (χ4n) is 4.96. The van der Waals surface area contributed by atoms with Gasteiger partial charge in [0.2, 0.25) is 0 Å². The number of anilines is 1. The van der Waals surface area contributed by atoms with E-state index in [1.54, 1.807) is 40.1 Å². The van der Waals surface area contributed by atoms with Crippen LogP contribution < -0.4 is 4.90 Å². The number of benzene rings is 1. The standard InChI is InChI=1S/C27H34FN5O4/c1-17-14-33(21-9-8-18(13-29)24-19(21)7-6-11-30-24)16-23(36-17)25(34)31(5)22-15-32(12-10-20(22)28)26(35)37-27(2,3)4/h6-9,11,17,20,22-23H,10,12,14-16H2,1-5H3/t17-,20+,22-,23-/m1/s1. The molecule has 2 amide bonds. The minimum Gasteiger partial charge on any atom is -0.444 e. The summed E-state index contributed by atoms with van der Waals surface area (Å²) in [6.07, 6.45) is -1.09. The van der Waals surface area contributed by atoms with Gasteiger partial charge >= 0.3 is 6.09 Å². The van der Waals surface area contributed by atoms with Gasteiger partial charge in [-0.1, -0.05) is 0 Å². The van der Waals surface area contributed by atoms with E-state index in [4.69, 9.17) is 9.47 Å². The number of likely N-dealkylation sites (tertiary alicyclic amines) is 1. The second-order valence-electron chi connectivity index (χ2n) is 10.7. The minimum absolute atomic E-state index is 0.0518. The van der Waals surface area contributed by atoms with Crippen molar-refractivity contribution in [3.8, 4) is 6.07 Å². The number of aromatic nitrogens is 1. The second-order valence-corrected chi connectivity index (χ2v) is 10.7. The van der Waals surface area contributed by atoms with Crippen LogP contribution in [0, 0.1) is 11.3 Å².